The highest BCUT2D eigenvalue weighted by Gasteiger charge is 2.26. The van der Waals surface area contributed by atoms with E-state index in [0.29, 0.717) is 25.1 Å². The fraction of sp³-hybridized carbons (Fsp3) is 0.891. The summed E-state index contributed by atoms with van der Waals surface area (Å²) < 4.78 is 17.7. The van der Waals surface area contributed by atoms with Crippen molar-refractivity contribution in [2.75, 3.05) is 31.5 Å². The molecule has 0 saturated carbocycles. The number of nitrogens with zero attached hydrogens (tertiary/aromatic N) is 1. The first-order valence-electron chi connectivity index (χ1n) is 27.3. The molecule has 374 valence electrons. The van der Waals surface area contributed by atoms with Crippen LogP contribution in [0.3, 0.4) is 0 Å². The standard InChI is InChI=1S/C55H102N2O7/c1-8-12-15-18-23-30-38-47(11-4)62-49(58)41-33-26-21-28-35-44-57(46-37-43-56-51-52(60)53(61)54(51)64-55(5,6)7)45-36-29-22-27-34-42-50(59)63-48(39-31-24-19-16-13-9-2)40-32-25-20-17-14-10-3/h47-48,56H,8-46H2,1-7H3. The number of unbranched alkanes of at least 4 members (excludes halogenated alkanes) is 23. The van der Waals surface area contributed by atoms with Gasteiger partial charge >= 0.3 is 11.9 Å². The predicted octanol–water partition coefficient (Wildman–Crippen LogP) is 14.7. The molecule has 0 aliphatic heterocycles. The molecular weight excluding hydrogens is 801 g/mol. The number of hydrogen-bond donors (Lipinski definition) is 1. The fourth-order valence-corrected chi connectivity index (χ4v) is 8.61. The Bertz CT molecular complexity index is 1320. The second-order valence-electron chi connectivity index (χ2n) is 20.0. The summed E-state index contributed by atoms with van der Waals surface area (Å²) in [6.45, 7) is 18.0. The van der Waals surface area contributed by atoms with Gasteiger partial charge in [0.15, 0.2) is 5.75 Å². The second-order valence-corrected chi connectivity index (χ2v) is 20.0. The van der Waals surface area contributed by atoms with Gasteiger partial charge < -0.3 is 24.4 Å². The first-order chi connectivity index (χ1) is 30.9. The van der Waals surface area contributed by atoms with Crippen LogP contribution in [0.2, 0.25) is 0 Å². The SMILES string of the molecule is CCCCCCCCC(CC)OC(=O)CCCCCCCN(CCCCCCCC(=O)OC(CCCCCCCC)CCCCCCCC)CCCNc1c(OC(C)(C)C)c(=O)c1=O. The van der Waals surface area contributed by atoms with Crippen LogP contribution in [-0.2, 0) is 19.1 Å². The molecule has 0 aromatic heterocycles. The van der Waals surface area contributed by atoms with Crippen molar-refractivity contribution >= 4 is 17.6 Å². The molecule has 0 spiro atoms. The Kier molecular flexibility index (Phi) is 37.0. The molecule has 1 atom stereocenters. The van der Waals surface area contributed by atoms with Crippen LogP contribution >= 0.6 is 0 Å². The Labute approximate surface area is 393 Å². The van der Waals surface area contributed by atoms with Gasteiger partial charge in [0.05, 0.1) is 0 Å². The monoisotopic (exact) mass is 903 g/mol. The van der Waals surface area contributed by atoms with Gasteiger partial charge in [-0.25, -0.2) is 0 Å². The molecule has 0 bridgehead atoms. The third kappa shape index (κ3) is 32.3. The summed E-state index contributed by atoms with van der Waals surface area (Å²) in [4.78, 5) is 52.4. The van der Waals surface area contributed by atoms with Crippen molar-refractivity contribution in [2.45, 2.75) is 291 Å². The van der Waals surface area contributed by atoms with Crippen LogP contribution in [0.4, 0.5) is 5.69 Å². The fourth-order valence-electron chi connectivity index (χ4n) is 8.61. The lowest BCUT2D eigenvalue weighted by atomic mass is 10.0. The van der Waals surface area contributed by atoms with E-state index in [4.69, 9.17) is 14.2 Å². The molecule has 0 radical (unpaired) electrons. The van der Waals surface area contributed by atoms with Crippen LogP contribution in [0.5, 0.6) is 5.75 Å². The Morgan fingerprint density at radius 2 is 0.859 bits per heavy atom. The number of esters is 2. The van der Waals surface area contributed by atoms with Crippen molar-refractivity contribution in [3.63, 3.8) is 0 Å². The topological polar surface area (TPSA) is 111 Å². The molecule has 64 heavy (non-hydrogen) atoms. The highest BCUT2D eigenvalue weighted by molar-refractivity contribution is 5.69. The summed E-state index contributed by atoms with van der Waals surface area (Å²) in [6, 6.07) is 0. The number of hydrogen-bond acceptors (Lipinski definition) is 9. The van der Waals surface area contributed by atoms with E-state index >= 15 is 0 Å². The lowest BCUT2D eigenvalue weighted by Crippen LogP contribution is -2.40. The molecule has 9 heteroatoms. The van der Waals surface area contributed by atoms with E-state index in [-0.39, 0.29) is 29.9 Å². The van der Waals surface area contributed by atoms with Crippen molar-refractivity contribution in [1.82, 2.24) is 4.90 Å². The van der Waals surface area contributed by atoms with Gasteiger partial charge in [-0.05, 0) is 117 Å². The number of carbonyl (C=O) groups excluding carboxylic acids is 2. The Morgan fingerprint density at radius 1 is 0.484 bits per heavy atom. The average Bonchev–Trinajstić information content (AvgIpc) is 3.27. The van der Waals surface area contributed by atoms with E-state index < -0.39 is 16.5 Å². The highest BCUT2D eigenvalue weighted by Crippen LogP contribution is 2.23. The summed E-state index contributed by atoms with van der Waals surface area (Å²) in [5.74, 6) is 0.117. The quantitative estimate of drug-likeness (QED) is 0.0388. The number of ether oxygens (including phenoxy) is 3. The Balaban J connectivity index is 2.50. The molecule has 1 unspecified atom stereocenters. The number of nitrogens with one attached hydrogen (secondary N) is 1. The smallest absolute Gasteiger partial charge is 0.306 e. The zero-order valence-corrected chi connectivity index (χ0v) is 43.0. The first kappa shape index (κ1) is 59.6. The number of carbonyl (C=O) groups is 2. The molecule has 1 rings (SSSR count). The van der Waals surface area contributed by atoms with Crippen LogP contribution < -0.4 is 20.9 Å². The average molecular weight is 903 g/mol. The van der Waals surface area contributed by atoms with Crippen LogP contribution in [0.1, 0.15) is 273 Å². The largest absolute Gasteiger partial charge is 0.482 e. The van der Waals surface area contributed by atoms with E-state index in [1.807, 2.05) is 20.8 Å². The van der Waals surface area contributed by atoms with Gasteiger partial charge in [-0.3, -0.25) is 19.2 Å². The molecule has 0 heterocycles. The number of anilines is 1. The maximum atomic E-state index is 12.9. The van der Waals surface area contributed by atoms with Crippen LogP contribution in [-0.4, -0.2) is 60.8 Å². The summed E-state index contributed by atoms with van der Waals surface area (Å²) in [7, 11) is 0. The van der Waals surface area contributed by atoms with E-state index in [1.54, 1.807) is 0 Å². The molecule has 0 aliphatic rings. The maximum Gasteiger partial charge on any atom is 0.306 e. The summed E-state index contributed by atoms with van der Waals surface area (Å²) in [5.41, 5.74) is -1.26. The minimum Gasteiger partial charge on any atom is -0.482 e. The molecule has 1 N–H and O–H groups in total. The molecule has 1 aromatic carbocycles. The maximum absolute atomic E-state index is 12.9. The molecule has 1 aromatic rings. The van der Waals surface area contributed by atoms with Crippen LogP contribution in [0.25, 0.3) is 0 Å². The summed E-state index contributed by atoms with van der Waals surface area (Å²) in [6.07, 6.45) is 39.2. The summed E-state index contributed by atoms with van der Waals surface area (Å²) in [5, 5.41) is 3.19. The molecule has 0 saturated heterocycles. The minimum absolute atomic E-state index is 0.00793. The lowest BCUT2D eigenvalue weighted by Gasteiger charge is -2.25. The van der Waals surface area contributed by atoms with Crippen molar-refractivity contribution in [3.8, 4) is 5.75 Å². The van der Waals surface area contributed by atoms with Crippen LogP contribution in [0.15, 0.2) is 9.59 Å². The van der Waals surface area contributed by atoms with Gasteiger partial charge in [-0.1, -0.05) is 163 Å². The van der Waals surface area contributed by atoms with Crippen molar-refractivity contribution in [3.05, 3.63) is 20.4 Å². The van der Waals surface area contributed by atoms with Gasteiger partial charge in [0.1, 0.15) is 23.5 Å². The zero-order valence-electron chi connectivity index (χ0n) is 43.0. The van der Waals surface area contributed by atoms with Crippen molar-refractivity contribution in [2.24, 2.45) is 0 Å². The van der Waals surface area contributed by atoms with E-state index in [9.17, 15) is 19.2 Å². The van der Waals surface area contributed by atoms with E-state index in [0.717, 1.165) is 135 Å². The van der Waals surface area contributed by atoms with Gasteiger partial charge in [-0.15, -0.1) is 0 Å². The van der Waals surface area contributed by atoms with E-state index in [1.165, 1.54) is 96.3 Å². The predicted molar refractivity (Wildman–Crippen MR) is 271 cm³/mol. The van der Waals surface area contributed by atoms with E-state index in [2.05, 4.69) is 37.9 Å². The normalized spacial score (nSPS) is 12.4. The van der Waals surface area contributed by atoms with Gasteiger partial charge in [0.2, 0.25) is 0 Å². The van der Waals surface area contributed by atoms with Crippen LogP contribution in [0, 0.1) is 0 Å². The molecule has 0 amide bonds. The zero-order chi connectivity index (χ0) is 47.1. The van der Waals surface area contributed by atoms with Gasteiger partial charge in [0, 0.05) is 19.4 Å². The third-order valence-corrected chi connectivity index (χ3v) is 12.6. The van der Waals surface area contributed by atoms with Crippen molar-refractivity contribution in [1.29, 1.82) is 0 Å². The van der Waals surface area contributed by atoms with Gasteiger partial charge in [-0.2, -0.15) is 0 Å². The number of rotatable bonds is 46. The molecule has 0 fully saturated rings. The lowest BCUT2D eigenvalue weighted by molar-refractivity contribution is -0.150. The summed E-state index contributed by atoms with van der Waals surface area (Å²) >= 11 is 0. The van der Waals surface area contributed by atoms with Crippen molar-refractivity contribution < 1.29 is 23.8 Å². The molecule has 9 nitrogen and oxygen atoms in total. The minimum atomic E-state index is -0.546. The first-order valence-corrected chi connectivity index (χ1v) is 27.3. The molecule has 0 aliphatic carbocycles. The molecular formula is C55H102N2O7. The highest BCUT2D eigenvalue weighted by atomic mass is 16.5. The third-order valence-electron chi connectivity index (χ3n) is 12.6. The van der Waals surface area contributed by atoms with Gasteiger partial charge in [0.25, 0.3) is 10.9 Å². The Hall–Kier alpha value is -2.42. The second kappa shape index (κ2) is 39.7. The Morgan fingerprint density at radius 3 is 1.30 bits per heavy atom.